The molecule has 1 aliphatic rings. The smallest absolute Gasteiger partial charge is 0.307 e. The molecule has 17 heavy (non-hydrogen) atoms. The van der Waals surface area contributed by atoms with Crippen LogP contribution >= 0.6 is 11.8 Å². The number of carboxylic acids is 1. The molecule has 0 radical (unpaired) electrons. The van der Waals surface area contributed by atoms with Gasteiger partial charge in [0.1, 0.15) is 0 Å². The molecule has 0 aliphatic heterocycles. The highest BCUT2D eigenvalue weighted by Gasteiger charge is 2.37. The largest absolute Gasteiger partial charge is 0.481 e. The lowest BCUT2D eigenvalue weighted by Crippen LogP contribution is -2.36. The van der Waals surface area contributed by atoms with E-state index in [1.807, 2.05) is 0 Å². The molecule has 0 spiro atoms. The van der Waals surface area contributed by atoms with Crippen molar-refractivity contribution in [1.82, 2.24) is 5.32 Å². The summed E-state index contributed by atoms with van der Waals surface area (Å²) in [5, 5.41) is 11.7. The van der Waals surface area contributed by atoms with Gasteiger partial charge in [-0.15, -0.1) is 18.2 Å². The second-order valence-electron chi connectivity index (χ2n) is 4.03. The van der Waals surface area contributed by atoms with Crippen molar-refractivity contribution >= 4 is 23.6 Å². The van der Waals surface area contributed by atoms with Crippen LogP contribution in [0.1, 0.15) is 19.3 Å². The minimum absolute atomic E-state index is 0.129. The molecule has 94 valence electrons. The third-order valence-electron chi connectivity index (χ3n) is 2.90. The number of carboxylic acid groups (broad SMARTS) is 1. The average molecular weight is 255 g/mol. The third-order valence-corrected chi connectivity index (χ3v) is 3.76. The average Bonchev–Trinajstić information content (AvgIpc) is 2.77. The van der Waals surface area contributed by atoms with Crippen LogP contribution in [0.2, 0.25) is 0 Å². The van der Waals surface area contributed by atoms with Gasteiger partial charge in [0.05, 0.1) is 17.6 Å². The van der Waals surface area contributed by atoms with Crippen LogP contribution in [-0.2, 0) is 9.59 Å². The number of rotatable bonds is 6. The molecular formula is C12H17NO3S. The first-order valence-electron chi connectivity index (χ1n) is 5.68. The van der Waals surface area contributed by atoms with Crippen molar-refractivity contribution in [2.24, 2.45) is 11.8 Å². The number of amides is 1. The lowest BCUT2D eigenvalue weighted by Gasteiger charge is -2.15. The van der Waals surface area contributed by atoms with Crippen molar-refractivity contribution in [2.45, 2.75) is 19.3 Å². The lowest BCUT2D eigenvalue weighted by molar-refractivity contribution is -0.146. The van der Waals surface area contributed by atoms with Crippen LogP contribution in [0.5, 0.6) is 0 Å². The normalized spacial score (nSPS) is 23.0. The minimum atomic E-state index is -0.857. The second-order valence-corrected chi connectivity index (χ2v) is 5.14. The Kier molecular flexibility index (Phi) is 5.92. The number of hydrogen-bond donors (Lipinski definition) is 2. The van der Waals surface area contributed by atoms with Gasteiger partial charge in [-0.25, -0.2) is 0 Å². The third kappa shape index (κ3) is 4.31. The second kappa shape index (κ2) is 7.23. The zero-order chi connectivity index (χ0) is 12.7. The van der Waals surface area contributed by atoms with Crippen LogP contribution < -0.4 is 5.32 Å². The van der Waals surface area contributed by atoms with Gasteiger partial charge in [-0.05, 0) is 12.8 Å². The molecule has 0 aromatic heterocycles. The summed E-state index contributed by atoms with van der Waals surface area (Å²) in [7, 11) is 0. The standard InChI is InChI=1S/C12H17NO3S/c1-2-7-17-8-6-13-11(14)9-4-3-5-10(9)12(15)16/h1,9-10H,3-8H2,(H,13,14)(H,15,16). The Morgan fingerprint density at radius 3 is 2.76 bits per heavy atom. The zero-order valence-corrected chi connectivity index (χ0v) is 10.5. The Morgan fingerprint density at radius 2 is 2.12 bits per heavy atom. The van der Waals surface area contributed by atoms with E-state index in [0.717, 1.165) is 12.2 Å². The molecule has 1 amide bonds. The summed E-state index contributed by atoms with van der Waals surface area (Å²) < 4.78 is 0. The van der Waals surface area contributed by atoms with E-state index in [-0.39, 0.29) is 11.8 Å². The van der Waals surface area contributed by atoms with E-state index < -0.39 is 11.9 Å². The zero-order valence-electron chi connectivity index (χ0n) is 9.65. The molecule has 0 saturated heterocycles. The molecule has 1 fully saturated rings. The predicted molar refractivity (Wildman–Crippen MR) is 67.6 cm³/mol. The fraction of sp³-hybridized carbons (Fsp3) is 0.667. The number of carbonyl (C=O) groups is 2. The molecule has 1 saturated carbocycles. The van der Waals surface area contributed by atoms with Crippen molar-refractivity contribution in [3.8, 4) is 12.3 Å². The van der Waals surface area contributed by atoms with E-state index in [9.17, 15) is 9.59 Å². The number of thioether (sulfide) groups is 1. The fourth-order valence-electron chi connectivity index (χ4n) is 2.08. The Balaban J connectivity index is 2.27. The summed E-state index contributed by atoms with van der Waals surface area (Å²) in [5.74, 6) is 2.06. The van der Waals surface area contributed by atoms with Gasteiger partial charge < -0.3 is 10.4 Å². The summed E-state index contributed by atoms with van der Waals surface area (Å²) in [6.45, 7) is 0.550. The van der Waals surface area contributed by atoms with Gasteiger partial charge in [0.2, 0.25) is 5.91 Å². The monoisotopic (exact) mass is 255 g/mol. The molecule has 0 aromatic rings. The van der Waals surface area contributed by atoms with E-state index in [2.05, 4.69) is 11.2 Å². The molecule has 4 nitrogen and oxygen atoms in total. The van der Waals surface area contributed by atoms with E-state index in [4.69, 9.17) is 11.5 Å². The molecule has 0 heterocycles. The topological polar surface area (TPSA) is 66.4 Å². The van der Waals surface area contributed by atoms with Gasteiger partial charge in [0, 0.05) is 12.3 Å². The summed E-state index contributed by atoms with van der Waals surface area (Å²) in [4.78, 5) is 22.7. The molecule has 1 rings (SSSR count). The van der Waals surface area contributed by atoms with Crippen LogP contribution in [0.4, 0.5) is 0 Å². The van der Waals surface area contributed by atoms with Crippen LogP contribution in [0.15, 0.2) is 0 Å². The van der Waals surface area contributed by atoms with E-state index in [0.29, 0.717) is 25.1 Å². The van der Waals surface area contributed by atoms with Crippen molar-refractivity contribution in [1.29, 1.82) is 0 Å². The maximum atomic E-state index is 11.8. The Morgan fingerprint density at radius 1 is 1.41 bits per heavy atom. The first kappa shape index (κ1) is 13.9. The molecule has 0 aromatic carbocycles. The quantitative estimate of drug-likeness (QED) is 0.548. The highest BCUT2D eigenvalue weighted by molar-refractivity contribution is 7.99. The van der Waals surface area contributed by atoms with Crippen LogP contribution in [0.25, 0.3) is 0 Å². The molecule has 0 bridgehead atoms. The molecule has 2 unspecified atom stereocenters. The van der Waals surface area contributed by atoms with Gasteiger partial charge in [-0.1, -0.05) is 12.3 Å². The van der Waals surface area contributed by atoms with Gasteiger partial charge >= 0.3 is 5.97 Å². The highest BCUT2D eigenvalue weighted by Crippen LogP contribution is 2.31. The fourth-order valence-corrected chi connectivity index (χ4v) is 2.59. The van der Waals surface area contributed by atoms with E-state index in [1.165, 1.54) is 0 Å². The summed E-state index contributed by atoms with van der Waals surface area (Å²) in [6, 6.07) is 0. The summed E-state index contributed by atoms with van der Waals surface area (Å²) >= 11 is 1.58. The van der Waals surface area contributed by atoms with Crippen molar-refractivity contribution in [3.05, 3.63) is 0 Å². The van der Waals surface area contributed by atoms with E-state index in [1.54, 1.807) is 11.8 Å². The first-order valence-corrected chi connectivity index (χ1v) is 6.84. The van der Waals surface area contributed by atoms with Gasteiger partial charge in [0.15, 0.2) is 0 Å². The molecule has 1 aliphatic carbocycles. The van der Waals surface area contributed by atoms with Crippen LogP contribution in [0.3, 0.4) is 0 Å². The van der Waals surface area contributed by atoms with Gasteiger partial charge in [-0.3, -0.25) is 9.59 Å². The Bertz CT molecular complexity index is 324. The highest BCUT2D eigenvalue weighted by atomic mass is 32.2. The summed E-state index contributed by atoms with van der Waals surface area (Å²) in [6.07, 6.45) is 7.21. The maximum Gasteiger partial charge on any atom is 0.307 e. The van der Waals surface area contributed by atoms with E-state index >= 15 is 0 Å². The maximum absolute atomic E-state index is 11.8. The van der Waals surface area contributed by atoms with Crippen molar-refractivity contribution in [3.63, 3.8) is 0 Å². The molecule has 2 atom stereocenters. The van der Waals surface area contributed by atoms with Crippen LogP contribution in [-0.4, -0.2) is 35.0 Å². The minimum Gasteiger partial charge on any atom is -0.481 e. The van der Waals surface area contributed by atoms with Gasteiger partial charge in [0.25, 0.3) is 0 Å². The molecule has 2 N–H and O–H groups in total. The number of carbonyl (C=O) groups excluding carboxylic acids is 1. The number of aliphatic carboxylic acids is 1. The molecule has 5 heteroatoms. The van der Waals surface area contributed by atoms with Crippen LogP contribution in [0, 0.1) is 24.2 Å². The van der Waals surface area contributed by atoms with Gasteiger partial charge in [-0.2, -0.15) is 0 Å². The number of hydrogen-bond acceptors (Lipinski definition) is 3. The Hall–Kier alpha value is -1.15. The van der Waals surface area contributed by atoms with Crippen molar-refractivity contribution < 1.29 is 14.7 Å². The summed E-state index contributed by atoms with van der Waals surface area (Å²) in [5.41, 5.74) is 0. The molecular weight excluding hydrogens is 238 g/mol. The first-order chi connectivity index (χ1) is 8.16. The number of terminal acetylenes is 1. The lowest BCUT2D eigenvalue weighted by atomic mass is 9.95. The Labute approximate surface area is 106 Å². The number of nitrogens with one attached hydrogen (secondary N) is 1. The van der Waals surface area contributed by atoms with Crippen molar-refractivity contribution in [2.75, 3.05) is 18.1 Å². The SMILES string of the molecule is C#CCSCCNC(=O)C1CCCC1C(=O)O. The predicted octanol–water partition coefficient (Wildman–Crippen LogP) is 0.970.